The van der Waals surface area contributed by atoms with Gasteiger partial charge in [-0.05, 0) is 61.6 Å². The fourth-order valence-electron chi connectivity index (χ4n) is 2.98. The summed E-state index contributed by atoms with van der Waals surface area (Å²) in [5, 5.41) is 0. The third kappa shape index (κ3) is 4.72. The molecular weight excluding hydrogens is 321 g/mol. The van der Waals surface area contributed by atoms with Crippen LogP contribution in [0.1, 0.15) is 48.0 Å². The van der Waals surface area contributed by atoms with Crippen LogP contribution in [0.5, 0.6) is 5.75 Å². The monoisotopic (exact) mass is 343 g/mol. The van der Waals surface area contributed by atoms with Gasteiger partial charge in [0.05, 0.1) is 11.3 Å². The lowest BCUT2D eigenvalue weighted by Gasteiger charge is -2.22. The quantitative estimate of drug-likeness (QED) is 0.642. The van der Waals surface area contributed by atoms with E-state index in [-0.39, 0.29) is 24.5 Å². The summed E-state index contributed by atoms with van der Waals surface area (Å²) in [7, 11) is 0. The minimum absolute atomic E-state index is 0.00420. The zero-order valence-corrected chi connectivity index (χ0v) is 14.0. The molecule has 0 unspecified atom stereocenters. The molecule has 132 valence electrons. The second kappa shape index (κ2) is 8.01. The molecule has 0 aliphatic heterocycles. The van der Waals surface area contributed by atoms with E-state index < -0.39 is 0 Å². The predicted molar refractivity (Wildman–Crippen MR) is 93.9 cm³/mol. The topological polar surface area (TPSA) is 61.6 Å². The van der Waals surface area contributed by atoms with Gasteiger partial charge in [0, 0.05) is 0 Å². The van der Waals surface area contributed by atoms with Gasteiger partial charge in [-0.25, -0.2) is 9.18 Å². The molecule has 1 saturated carbocycles. The van der Waals surface area contributed by atoms with Crippen LogP contribution in [0.2, 0.25) is 0 Å². The predicted octanol–water partition coefficient (Wildman–Crippen LogP) is 4.48. The van der Waals surface area contributed by atoms with Crippen molar-refractivity contribution in [3.8, 4) is 5.75 Å². The normalized spacial score (nSPS) is 14.9. The maximum absolute atomic E-state index is 13.2. The van der Waals surface area contributed by atoms with Crippen molar-refractivity contribution in [2.75, 3.05) is 5.73 Å². The summed E-state index contributed by atoms with van der Waals surface area (Å²) in [6.07, 6.45) is 5.24. The van der Waals surface area contributed by atoms with Crippen LogP contribution in [-0.2, 0) is 11.3 Å². The molecule has 0 radical (unpaired) electrons. The Morgan fingerprint density at radius 3 is 2.68 bits per heavy atom. The molecule has 4 nitrogen and oxygen atoms in total. The number of rotatable bonds is 5. The number of esters is 1. The average molecular weight is 343 g/mol. The molecular formula is C20H22FNO3. The third-order valence-corrected chi connectivity index (χ3v) is 4.36. The van der Waals surface area contributed by atoms with Crippen molar-refractivity contribution < 1.29 is 18.7 Å². The zero-order valence-electron chi connectivity index (χ0n) is 14.0. The van der Waals surface area contributed by atoms with Crippen molar-refractivity contribution in [3.63, 3.8) is 0 Å². The summed E-state index contributed by atoms with van der Waals surface area (Å²) < 4.78 is 24.4. The third-order valence-electron chi connectivity index (χ3n) is 4.36. The number of hydrogen-bond acceptors (Lipinski definition) is 4. The first kappa shape index (κ1) is 17.3. The zero-order chi connectivity index (χ0) is 17.6. The van der Waals surface area contributed by atoms with E-state index in [1.807, 2.05) is 0 Å². The highest BCUT2D eigenvalue weighted by Gasteiger charge is 2.19. The van der Waals surface area contributed by atoms with Crippen LogP contribution in [0.25, 0.3) is 0 Å². The van der Waals surface area contributed by atoms with E-state index in [0.717, 1.165) is 25.7 Å². The summed E-state index contributed by atoms with van der Waals surface area (Å²) >= 11 is 0. The first-order valence-electron chi connectivity index (χ1n) is 8.59. The average Bonchev–Trinajstić information content (AvgIpc) is 2.62. The molecule has 0 atom stereocenters. The SMILES string of the molecule is Nc1ccc(C(=O)OC2CCCCC2)cc1OCc1cccc(F)c1. The van der Waals surface area contributed by atoms with Gasteiger partial charge in [0.15, 0.2) is 0 Å². The lowest BCUT2D eigenvalue weighted by atomic mass is 9.98. The van der Waals surface area contributed by atoms with Gasteiger partial charge in [0.25, 0.3) is 0 Å². The van der Waals surface area contributed by atoms with E-state index in [1.165, 1.54) is 18.6 Å². The van der Waals surface area contributed by atoms with Gasteiger partial charge >= 0.3 is 5.97 Å². The molecule has 0 saturated heterocycles. The van der Waals surface area contributed by atoms with Gasteiger partial charge < -0.3 is 15.2 Å². The molecule has 0 heterocycles. The Kier molecular flexibility index (Phi) is 5.53. The highest BCUT2D eigenvalue weighted by molar-refractivity contribution is 5.90. The van der Waals surface area contributed by atoms with Gasteiger partial charge in [-0.2, -0.15) is 0 Å². The fraction of sp³-hybridized carbons (Fsp3) is 0.350. The Bertz CT molecular complexity index is 741. The van der Waals surface area contributed by atoms with E-state index in [1.54, 1.807) is 30.3 Å². The minimum Gasteiger partial charge on any atom is -0.487 e. The Balaban J connectivity index is 1.66. The molecule has 25 heavy (non-hydrogen) atoms. The summed E-state index contributed by atoms with van der Waals surface area (Å²) in [6.45, 7) is 0.170. The van der Waals surface area contributed by atoms with Crippen LogP contribution in [0, 0.1) is 5.82 Å². The number of carbonyl (C=O) groups is 1. The number of benzene rings is 2. The summed E-state index contributed by atoms with van der Waals surface area (Å²) in [5.41, 5.74) is 7.44. The van der Waals surface area contributed by atoms with Crippen molar-refractivity contribution in [2.24, 2.45) is 0 Å². The van der Waals surface area contributed by atoms with Gasteiger partial charge in [0.2, 0.25) is 0 Å². The summed E-state index contributed by atoms with van der Waals surface area (Å²) in [5.74, 6) is -0.288. The molecule has 1 aliphatic carbocycles. The minimum atomic E-state index is -0.359. The van der Waals surface area contributed by atoms with Gasteiger partial charge in [-0.1, -0.05) is 18.6 Å². The maximum Gasteiger partial charge on any atom is 0.338 e. The molecule has 2 aromatic rings. The highest BCUT2D eigenvalue weighted by atomic mass is 19.1. The first-order valence-corrected chi connectivity index (χ1v) is 8.59. The van der Waals surface area contributed by atoms with Gasteiger partial charge in [-0.15, -0.1) is 0 Å². The van der Waals surface area contributed by atoms with Crippen LogP contribution in [0.15, 0.2) is 42.5 Å². The van der Waals surface area contributed by atoms with E-state index in [9.17, 15) is 9.18 Å². The molecule has 0 bridgehead atoms. The summed E-state index contributed by atoms with van der Waals surface area (Å²) in [6, 6.07) is 11.0. The van der Waals surface area contributed by atoms with Crippen LogP contribution < -0.4 is 10.5 Å². The van der Waals surface area contributed by atoms with Crippen LogP contribution in [0.3, 0.4) is 0 Å². The molecule has 1 fully saturated rings. The van der Waals surface area contributed by atoms with Crippen LogP contribution >= 0.6 is 0 Å². The van der Waals surface area contributed by atoms with Crippen LogP contribution in [-0.4, -0.2) is 12.1 Å². The number of halogens is 1. The lowest BCUT2D eigenvalue weighted by molar-refractivity contribution is 0.0211. The number of hydrogen-bond donors (Lipinski definition) is 1. The van der Waals surface area contributed by atoms with E-state index in [4.69, 9.17) is 15.2 Å². The number of nitrogens with two attached hydrogens (primary N) is 1. The molecule has 2 N–H and O–H groups in total. The van der Waals surface area contributed by atoms with Crippen molar-refractivity contribution in [2.45, 2.75) is 44.8 Å². The summed E-state index contributed by atoms with van der Waals surface area (Å²) in [4.78, 5) is 12.3. The molecule has 3 rings (SSSR count). The number of nitrogen functional groups attached to an aromatic ring is 1. The number of anilines is 1. The largest absolute Gasteiger partial charge is 0.487 e. The molecule has 0 amide bonds. The van der Waals surface area contributed by atoms with Crippen molar-refractivity contribution in [1.29, 1.82) is 0 Å². The number of carbonyl (C=O) groups excluding carboxylic acids is 1. The van der Waals surface area contributed by atoms with Gasteiger partial charge in [-0.3, -0.25) is 0 Å². The smallest absolute Gasteiger partial charge is 0.338 e. The van der Waals surface area contributed by atoms with Crippen molar-refractivity contribution >= 4 is 11.7 Å². The lowest BCUT2D eigenvalue weighted by Crippen LogP contribution is -2.21. The molecule has 0 aromatic heterocycles. The van der Waals surface area contributed by atoms with E-state index >= 15 is 0 Å². The standard InChI is InChI=1S/C20H22FNO3/c21-16-6-4-5-14(11-16)13-24-19-12-15(9-10-18(19)22)20(23)25-17-7-2-1-3-8-17/h4-6,9-12,17H,1-3,7-8,13,22H2. The molecule has 2 aromatic carbocycles. The second-order valence-corrected chi connectivity index (χ2v) is 6.34. The molecule has 1 aliphatic rings. The Hall–Kier alpha value is -2.56. The fourth-order valence-corrected chi connectivity index (χ4v) is 2.98. The Morgan fingerprint density at radius 2 is 1.92 bits per heavy atom. The second-order valence-electron chi connectivity index (χ2n) is 6.34. The Morgan fingerprint density at radius 1 is 1.12 bits per heavy atom. The Labute approximate surface area is 146 Å². The number of ether oxygens (including phenoxy) is 2. The van der Waals surface area contributed by atoms with E-state index in [0.29, 0.717) is 22.6 Å². The maximum atomic E-state index is 13.2. The van der Waals surface area contributed by atoms with E-state index in [2.05, 4.69) is 0 Å². The van der Waals surface area contributed by atoms with Crippen molar-refractivity contribution in [1.82, 2.24) is 0 Å². The highest BCUT2D eigenvalue weighted by Crippen LogP contribution is 2.26. The van der Waals surface area contributed by atoms with Crippen molar-refractivity contribution in [3.05, 3.63) is 59.4 Å². The molecule has 5 heteroatoms. The van der Waals surface area contributed by atoms with Crippen LogP contribution in [0.4, 0.5) is 10.1 Å². The first-order chi connectivity index (χ1) is 12.1. The van der Waals surface area contributed by atoms with Gasteiger partial charge in [0.1, 0.15) is 24.3 Å². The molecule has 0 spiro atoms.